The third-order valence-corrected chi connectivity index (χ3v) is 6.59. The van der Waals surface area contributed by atoms with Crippen LogP contribution in [-0.2, 0) is 6.42 Å². The summed E-state index contributed by atoms with van der Waals surface area (Å²) in [5.74, 6) is 3.26. The average molecular weight is 464 g/mol. The summed E-state index contributed by atoms with van der Waals surface area (Å²) in [5, 5.41) is 8.44. The second-order valence-corrected chi connectivity index (χ2v) is 9.22. The highest BCUT2D eigenvalue weighted by Crippen LogP contribution is 2.28. The molecule has 0 amide bonds. The number of ether oxygens (including phenoxy) is 2. The van der Waals surface area contributed by atoms with Gasteiger partial charge in [-0.1, -0.05) is 18.2 Å². The Morgan fingerprint density at radius 3 is 2.38 bits per heavy atom. The molecule has 0 bridgehead atoms. The molecule has 1 aliphatic rings. The van der Waals surface area contributed by atoms with Gasteiger partial charge in [0.1, 0.15) is 5.82 Å². The number of para-hydroxylation sites is 1. The van der Waals surface area contributed by atoms with E-state index in [1.807, 2.05) is 32.3 Å². The Kier molecular flexibility index (Phi) is 8.06. The standard InChI is InChI=1S/C27H37N5O2/c1-32(2)26-22-9-5-6-10-23(22)30-27(31-26)29-21-14-12-20(13-15-21)28-17-7-8-19-11-16-24(33-3)25(18-19)34-4/h5-6,9-11,16,18,20-21,28H,7-8,12-15,17H2,1-4H3,(H,29,30,31). The Balaban J connectivity index is 1.23. The van der Waals surface area contributed by atoms with Crippen LogP contribution in [0.2, 0.25) is 0 Å². The summed E-state index contributed by atoms with van der Waals surface area (Å²) in [6.45, 7) is 1.02. The average Bonchev–Trinajstić information content (AvgIpc) is 2.86. The number of fused-ring (bicyclic) bond motifs is 1. The third-order valence-electron chi connectivity index (χ3n) is 6.59. The molecule has 1 heterocycles. The molecule has 182 valence electrons. The number of rotatable bonds is 10. The van der Waals surface area contributed by atoms with E-state index in [4.69, 9.17) is 19.4 Å². The number of nitrogens with one attached hydrogen (secondary N) is 2. The molecule has 7 heteroatoms. The lowest BCUT2D eigenvalue weighted by Crippen LogP contribution is -2.37. The summed E-state index contributed by atoms with van der Waals surface area (Å²) in [5.41, 5.74) is 2.26. The highest BCUT2D eigenvalue weighted by molar-refractivity contribution is 5.90. The fourth-order valence-corrected chi connectivity index (χ4v) is 4.72. The lowest BCUT2D eigenvalue weighted by Gasteiger charge is -2.30. The fraction of sp³-hybridized carbons (Fsp3) is 0.481. The Hall–Kier alpha value is -3.06. The second-order valence-electron chi connectivity index (χ2n) is 9.22. The van der Waals surface area contributed by atoms with Crippen molar-refractivity contribution < 1.29 is 9.47 Å². The van der Waals surface area contributed by atoms with Crippen molar-refractivity contribution >= 4 is 22.7 Å². The normalized spacial score (nSPS) is 18.0. The summed E-state index contributed by atoms with van der Waals surface area (Å²) in [6.07, 6.45) is 6.72. The molecule has 1 aromatic heterocycles. The lowest BCUT2D eigenvalue weighted by atomic mass is 9.91. The van der Waals surface area contributed by atoms with Gasteiger partial charge < -0.3 is 25.0 Å². The highest BCUT2D eigenvalue weighted by atomic mass is 16.5. The van der Waals surface area contributed by atoms with Gasteiger partial charge in [-0.05, 0) is 74.9 Å². The maximum Gasteiger partial charge on any atom is 0.225 e. The van der Waals surface area contributed by atoms with Gasteiger partial charge in [-0.3, -0.25) is 0 Å². The number of anilines is 2. The summed E-state index contributed by atoms with van der Waals surface area (Å²) in [4.78, 5) is 11.6. The SMILES string of the molecule is COc1ccc(CCCNC2CCC(Nc3nc(N(C)C)c4ccccc4n3)CC2)cc1OC. The zero-order valence-electron chi connectivity index (χ0n) is 20.8. The number of nitrogens with zero attached hydrogens (tertiary/aromatic N) is 3. The van der Waals surface area contributed by atoms with Crippen LogP contribution >= 0.6 is 0 Å². The molecule has 3 aromatic rings. The number of aromatic nitrogens is 2. The van der Waals surface area contributed by atoms with Crippen molar-refractivity contribution in [3.05, 3.63) is 48.0 Å². The van der Waals surface area contributed by atoms with Crippen LogP contribution in [0.1, 0.15) is 37.7 Å². The van der Waals surface area contributed by atoms with Crippen molar-refractivity contribution in [2.45, 2.75) is 50.6 Å². The van der Waals surface area contributed by atoms with Crippen molar-refractivity contribution in [3.8, 4) is 11.5 Å². The van der Waals surface area contributed by atoms with Gasteiger partial charge in [-0.25, -0.2) is 4.98 Å². The molecule has 1 saturated carbocycles. The van der Waals surface area contributed by atoms with Crippen LogP contribution in [0.4, 0.5) is 11.8 Å². The van der Waals surface area contributed by atoms with E-state index in [-0.39, 0.29) is 0 Å². The van der Waals surface area contributed by atoms with Gasteiger partial charge in [-0.15, -0.1) is 0 Å². The zero-order valence-corrected chi connectivity index (χ0v) is 20.8. The number of aryl methyl sites for hydroxylation is 1. The predicted molar refractivity (Wildman–Crippen MR) is 139 cm³/mol. The predicted octanol–water partition coefficient (Wildman–Crippen LogP) is 4.66. The van der Waals surface area contributed by atoms with E-state index in [1.54, 1.807) is 14.2 Å². The van der Waals surface area contributed by atoms with Crippen molar-refractivity contribution in [2.75, 3.05) is 45.1 Å². The molecule has 34 heavy (non-hydrogen) atoms. The zero-order chi connectivity index (χ0) is 23.9. The van der Waals surface area contributed by atoms with Gasteiger partial charge in [0.2, 0.25) is 5.95 Å². The molecule has 0 spiro atoms. The van der Waals surface area contributed by atoms with E-state index >= 15 is 0 Å². The van der Waals surface area contributed by atoms with Crippen LogP contribution in [-0.4, -0.2) is 56.9 Å². The van der Waals surface area contributed by atoms with Crippen LogP contribution < -0.4 is 25.0 Å². The van der Waals surface area contributed by atoms with E-state index in [0.29, 0.717) is 12.1 Å². The molecular weight excluding hydrogens is 426 g/mol. The number of benzene rings is 2. The maximum atomic E-state index is 5.41. The molecule has 0 radical (unpaired) electrons. The quantitative estimate of drug-likeness (QED) is 0.424. The van der Waals surface area contributed by atoms with Crippen molar-refractivity contribution in [2.24, 2.45) is 0 Å². The molecule has 0 atom stereocenters. The number of hydrogen-bond acceptors (Lipinski definition) is 7. The largest absolute Gasteiger partial charge is 0.493 e. The van der Waals surface area contributed by atoms with Crippen LogP contribution in [0.15, 0.2) is 42.5 Å². The first-order chi connectivity index (χ1) is 16.6. The maximum absolute atomic E-state index is 5.41. The van der Waals surface area contributed by atoms with Gasteiger partial charge >= 0.3 is 0 Å². The smallest absolute Gasteiger partial charge is 0.225 e. The minimum Gasteiger partial charge on any atom is -0.493 e. The fourth-order valence-electron chi connectivity index (χ4n) is 4.72. The number of methoxy groups -OCH3 is 2. The second kappa shape index (κ2) is 11.4. The third kappa shape index (κ3) is 5.89. The van der Waals surface area contributed by atoms with Gasteiger partial charge in [0, 0.05) is 31.6 Å². The molecule has 2 N–H and O–H groups in total. The van der Waals surface area contributed by atoms with Gasteiger partial charge in [-0.2, -0.15) is 4.98 Å². The summed E-state index contributed by atoms with van der Waals surface area (Å²) < 4.78 is 10.7. The van der Waals surface area contributed by atoms with Crippen LogP contribution in [0.3, 0.4) is 0 Å². The summed E-state index contributed by atoms with van der Waals surface area (Å²) in [7, 11) is 7.41. The lowest BCUT2D eigenvalue weighted by molar-refractivity contribution is 0.351. The van der Waals surface area contributed by atoms with E-state index in [0.717, 1.165) is 66.4 Å². The van der Waals surface area contributed by atoms with Crippen molar-refractivity contribution in [1.29, 1.82) is 0 Å². The van der Waals surface area contributed by atoms with Crippen molar-refractivity contribution in [1.82, 2.24) is 15.3 Å². The molecule has 1 fully saturated rings. The molecule has 0 unspecified atom stereocenters. The topological polar surface area (TPSA) is 71.5 Å². The minimum absolute atomic E-state index is 0.418. The molecule has 0 saturated heterocycles. The summed E-state index contributed by atoms with van der Waals surface area (Å²) >= 11 is 0. The molecule has 7 nitrogen and oxygen atoms in total. The molecule has 0 aliphatic heterocycles. The Morgan fingerprint density at radius 2 is 1.65 bits per heavy atom. The van der Waals surface area contributed by atoms with Crippen molar-refractivity contribution in [3.63, 3.8) is 0 Å². The molecule has 1 aliphatic carbocycles. The first-order valence-corrected chi connectivity index (χ1v) is 12.2. The van der Waals surface area contributed by atoms with Crippen LogP contribution in [0, 0.1) is 0 Å². The Labute approximate surface area is 202 Å². The molecular formula is C27H37N5O2. The van der Waals surface area contributed by atoms with E-state index in [1.165, 1.54) is 18.4 Å². The molecule has 4 rings (SSSR count). The van der Waals surface area contributed by atoms with E-state index < -0.39 is 0 Å². The van der Waals surface area contributed by atoms with Crippen LogP contribution in [0.5, 0.6) is 11.5 Å². The van der Waals surface area contributed by atoms with Crippen LogP contribution in [0.25, 0.3) is 10.9 Å². The first-order valence-electron chi connectivity index (χ1n) is 12.2. The van der Waals surface area contributed by atoms with E-state index in [9.17, 15) is 0 Å². The minimum atomic E-state index is 0.418. The Bertz CT molecular complexity index is 1080. The Morgan fingerprint density at radius 1 is 0.912 bits per heavy atom. The summed E-state index contributed by atoms with van der Waals surface area (Å²) in [6, 6.07) is 15.4. The number of hydrogen-bond donors (Lipinski definition) is 2. The van der Waals surface area contributed by atoms with Gasteiger partial charge in [0.15, 0.2) is 11.5 Å². The highest BCUT2D eigenvalue weighted by Gasteiger charge is 2.22. The first kappa shape index (κ1) is 24.1. The van der Waals surface area contributed by atoms with E-state index in [2.05, 4.69) is 39.8 Å². The molecule has 2 aromatic carbocycles. The monoisotopic (exact) mass is 463 g/mol. The van der Waals surface area contributed by atoms with Gasteiger partial charge in [0.25, 0.3) is 0 Å². The van der Waals surface area contributed by atoms with Gasteiger partial charge in [0.05, 0.1) is 19.7 Å².